The smallest absolute Gasteiger partial charge is 0.248 e. The number of amides is 1. The van der Waals surface area contributed by atoms with Crippen molar-refractivity contribution in [3.63, 3.8) is 0 Å². The van der Waals surface area contributed by atoms with Crippen LogP contribution < -0.4 is 0 Å². The van der Waals surface area contributed by atoms with E-state index in [1.807, 2.05) is 38.1 Å². The third-order valence-corrected chi connectivity index (χ3v) is 7.65. The number of hydrogen-bond donors (Lipinski definition) is 0. The maximum atomic E-state index is 13.4. The van der Waals surface area contributed by atoms with Gasteiger partial charge in [-0.2, -0.15) is 5.10 Å². The van der Waals surface area contributed by atoms with Crippen molar-refractivity contribution in [2.45, 2.75) is 71.0 Å². The number of nitrogens with zero attached hydrogens (tertiary/aromatic N) is 2. The lowest BCUT2D eigenvalue weighted by molar-refractivity contribution is -0.547. The van der Waals surface area contributed by atoms with E-state index in [0.29, 0.717) is 5.92 Å². The van der Waals surface area contributed by atoms with Gasteiger partial charge in [0.25, 0.3) is 0 Å². The zero-order valence-corrected chi connectivity index (χ0v) is 17.6. The predicted octanol–water partition coefficient (Wildman–Crippen LogP) is 4.02. The highest BCUT2D eigenvalue weighted by atomic mass is 17.3. The van der Waals surface area contributed by atoms with Crippen molar-refractivity contribution in [2.24, 2.45) is 28.8 Å². The number of carbonyl (C=O) groups excluding carboxylic acids is 1. The van der Waals surface area contributed by atoms with Gasteiger partial charge in [-0.3, -0.25) is 4.79 Å². The van der Waals surface area contributed by atoms with Crippen LogP contribution in [0.2, 0.25) is 0 Å². The van der Waals surface area contributed by atoms with Gasteiger partial charge in [0, 0.05) is 18.3 Å². The summed E-state index contributed by atoms with van der Waals surface area (Å²) in [4.78, 5) is 25.5. The molecule has 0 aromatic heterocycles. The van der Waals surface area contributed by atoms with Crippen LogP contribution in [0, 0.1) is 30.6 Å². The molecule has 6 nitrogen and oxygen atoms in total. The molecule has 1 aromatic carbocycles. The van der Waals surface area contributed by atoms with Crippen LogP contribution in [0.5, 0.6) is 0 Å². The van der Waals surface area contributed by atoms with Gasteiger partial charge in [-0.05, 0) is 50.5 Å². The van der Waals surface area contributed by atoms with Crippen molar-refractivity contribution in [1.29, 1.82) is 0 Å². The SMILES string of the molecule is Cc1ccc(/C=N/N2C(=O)[C@H](C)[C@@H]3CC[C@@H](C)[C@@H]4CCC5(C)OO[C@]43[C@H]2O5)cc1. The first-order chi connectivity index (χ1) is 13.8. The largest absolute Gasteiger partial charge is 0.319 e. The van der Waals surface area contributed by atoms with Crippen molar-refractivity contribution in [3.05, 3.63) is 35.4 Å². The maximum absolute atomic E-state index is 13.4. The van der Waals surface area contributed by atoms with Crippen LogP contribution in [-0.4, -0.2) is 34.7 Å². The summed E-state index contributed by atoms with van der Waals surface area (Å²) >= 11 is 0. The van der Waals surface area contributed by atoms with E-state index < -0.39 is 17.6 Å². The molecule has 1 spiro atoms. The van der Waals surface area contributed by atoms with Crippen LogP contribution in [0.3, 0.4) is 0 Å². The Morgan fingerprint density at radius 1 is 1.10 bits per heavy atom. The van der Waals surface area contributed by atoms with E-state index >= 15 is 0 Å². The Bertz CT molecular complexity index is 840. The van der Waals surface area contributed by atoms with E-state index in [-0.39, 0.29) is 23.7 Å². The second kappa shape index (κ2) is 6.62. The Kier molecular flexibility index (Phi) is 4.39. The Morgan fingerprint density at radius 2 is 1.86 bits per heavy atom. The van der Waals surface area contributed by atoms with Crippen LogP contribution in [0.15, 0.2) is 29.4 Å². The summed E-state index contributed by atoms with van der Waals surface area (Å²) in [5.74, 6) is -0.188. The molecule has 0 radical (unpaired) electrons. The molecular weight excluding hydrogens is 368 g/mol. The third-order valence-electron chi connectivity index (χ3n) is 7.65. The summed E-state index contributed by atoms with van der Waals surface area (Å²) in [5.41, 5.74) is 1.48. The van der Waals surface area contributed by atoms with Crippen LogP contribution in [0.1, 0.15) is 57.6 Å². The average molecular weight is 399 g/mol. The molecular formula is C23H30N2O4. The summed E-state index contributed by atoms with van der Waals surface area (Å²) in [6, 6.07) is 8.09. The summed E-state index contributed by atoms with van der Waals surface area (Å²) in [6.07, 6.45) is 4.96. The Hall–Kier alpha value is -1.76. The lowest BCUT2D eigenvalue weighted by Gasteiger charge is -2.60. The maximum Gasteiger partial charge on any atom is 0.248 e. The molecule has 4 heterocycles. The molecule has 0 N–H and O–H groups in total. The zero-order chi connectivity index (χ0) is 20.4. The predicted molar refractivity (Wildman–Crippen MR) is 108 cm³/mol. The van der Waals surface area contributed by atoms with Crippen LogP contribution in [0.25, 0.3) is 0 Å². The lowest BCUT2D eigenvalue weighted by atomic mass is 9.57. The molecule has 1 aromatic rings. The van der Waals surface area contributed by atoms with Crippen molar-refractivity contribution in [2.75, 3.05) is 0 Å². The number of hydrazone groups is 1. The fraction of sp³-hybridized carbons (Fsp3) is 0.652. The molecule has 1 aliphatic carbocycles. The van der Waals surface area contributed by atoms with E-state index in [0.717, 1.165) is 31.2 Å². The van der Waals surface area contributed by atoms with Gasteiger partial charge in [0.05, 0.1) is 6.21 Å². The number of ether oxygens (including phenoxy) is 1. The number of aryl methyl sites for hydroxylation is 1. The number of carbonyl (C=O) groups is 1. The molecule has 4 aliphatic heterocycles. The quantitative estimate of drug-likeness (QED) is 0.558. The van der Waals surface area contributed by atoms with Gasteiger partial charge in [0.1, 0.15) is 0 Å². The van der Waals surface area contributed by atoms with Gasteiger partial charge in [-0.15, -0.1) is 0 Å². The number of fused-ring (bicyclic) bond motifs is 2. The van der Waals surface area contributed by atoms with E-state index in [1.165, 1.54) is 10.6 Å². The molecule has 29 heavy (non-hydrogen) atoms. The molecule has 5 fully saturated rings. The molecule has 156 valence electrons. The first-order valence-corrected chi connectivity index (χ1v) is 10.8. The van der Waals surface area contributed by atoms with E-state index in [9.17, 15) is 4.79 Å². The summed E-state index contributed by atoms with van der Waals surface area (Å²) in [5, 5.41) is 6.18. The molecule has 6 heteroatoms. The van der Waals surface area contributed by atoms with Crippen molar-refractivity contribution < 1.29 is 19.3 Å². The number of rotatable bonds is 2. The molecule has 6 rings (SSSR count). The number of hydrogen-bond acceptors (Lipinski definition) is 5. The van der Waals surface area contributed by atoms with Crippen molar-refractivity contribution >= 4 is 12.1 Å². The van der Waals surface area contributed by atoms with Crippen molar-refractivity contribution in [1.82, 2.24) is 5.01 Å². The topological polar surface area (TPSA) is 60.4 Å². The fourth-order valence-corrected chi connectivity index (χ4v) is 5.93. The highest BCUT2D eigenvalue weighted by Crippen LogP contribution is 2.60. The highest BCUT2D eigenvalue weighted by molar-refractivity contribution is 5.84. The minimum atomic E-state index is -0.851. The molecule has 1 saturated carbocycles. The van der Waals surface area contributed by atoms with Crippen molar-refractivity contribution in [3.8, 4) is 0 Å². The normalized spacial score (nSPS) is 44.1. The second-order valence-corrected chi connectivity index (χ2v) is 9.56. The summed E-state index contributed by atoms with van der Waals surface area (Å²) in [6.45, 7) is 8.25. The molecule has 1 unspecified atom stereocenters. The molecule has 7 atom stereocenters. The Morgan fingerprint density at radius 3 is 2.62 bits per heavy atom. The third kappa shape index (κ3) is 2.80. The van der Waals surface area contributed by atoms with Crippen LogP contribution >= 0.6 is 0 Å². The van der Waals surface area contributed by atoms with Gasteiger partial charge in [-0.25, -0.2) is 14.8 Å². The van der Waals surface area contributed by atoms with E-state index in [2.05, 4.69) is 18.9 Å². The zero-order valence-electron chi connectivity index (χ0n) is 17.6. The van der Waals surface area contributed by atoms with Crippen LogP contribution in [0.4, 0.5) is 0 Å². The minimum Gasteiger partial charge on any atom is -0.319 e. The Balaban J connectivity index is 1.58. The Labute approximate surface area is 172 Å². The molecule has 5 aliphatic rings. The summed E-state index contributed by atoms with van der Waals surface area (Å²) in [7, 11) is 0. The summed E-state index contributed by atoms with van der Waals surface area (Å²) < 4.78 is 6.46. The van der Waals surface area contributed by atoms with E-state index in [4.69, 9.17) is 14.5 Å². The van der Waals surface area contributed by atoms with Gasteiger partial charge < -0.3 is 4.74 Å². The first kappa shape index (κ1) is 19.2. The number of benzene rings is 1. The van der Waals surface area contributed by atoms with Gasteiger partial charge >= 0.3 is 0 Å². The highest BCUT2D eigenvalue weighted by Gasteiger charge is 2.70. The molecule has 2 bridgehead atoms. The first-order valence-electron chi connectivity index (χ1n) is 10.8. The minimum absolute atomic E-state index is 0.00189. The standard InChI is InChI=1S/C23H30N2O4/c1-14-5-8-17(9-6-14)13-24-25-20(26)16(3)19-10-7-15(2)18-11-12-22(4)27-21(25)23(18,19)29-28-22/h5-6,8-9,13,15-16,18-19,21H,7,10-12H2,1-4H3/b24-13+/t15-,16-,18+,19+,21-,22?,23-/m1/s1. The molecule has 1 amide bonds. The van der Waals surface area contributed by atoms with E-state index in [1.54, 1.807) is 6.21 Å². The van der Waals surface area contributed by atoms with Gasteiger partial charge in [0.2, 0.25) is 11.7 Å². The van der Waals surface area contributed by atoms with Gasteiger partial charge in [0.15, 0.2) is 11.8 Å². The average Bonchev–Trinajstić information content (AvgIpc) is 2.94. The van der Waals surface area contributed by atoms with Crippen LogP contribution in [-0.2, 0) is 19.3 Å². The lowest BCUT2D eigenvalue weighted by Crippen LogP contribution is -2.74. The number of piperidine rings is 1. The fourth-order valence-electron chi connectivity index (χ4n) is 5.93. The van der Waals surface area contributed by atoms with Gasteiger partial charge in [-0.1, -0.05) is 43.7 Å². The second-order valence-electron chi connectivity index (χ2n) is 9.56. The monoisotopic (exact) mass is 398 g/mol. The molecule has 4 saturated heterocycles.